The highest BCUT2D eigenvalue weighted by molar-refractivity contribution is 6.02. The second kappa shape index (κ2) is 12.4. The van der Waals surface area contributed by atoms with Crippen LogP contribution in [0.15, 0.2) is 49.2 Å². The normalized spacial score (nSPS) is 17.2. The van der Waals surface area contributed by atoms with Crippen LogP contribution in [-0.2, 0) is 16.0 Å². The minimum atomic E-state index is -0.416. The first-order valence-electron chi connectivity index (χ1n) is 15.2. The first kappa shape index (κ1) is 30.3. The molecule has 4 heterocycles. The molecule has 3 aliphatic rings. The van der Waals surface area contributed by atoms with Gasteiger partial charge in [0.25, 0.3) is 0 Å². The number of amides is 2. The minimum absolute atomic E-state index is 0.135. The Morgan fingerprint density at radius 1 is 1.13 bits per heavy atom. The van der Waals surface area contributed by atoms with Gasteiger partial charge in [0.2, 0.25) is 18.3 Å². The number of fused-ring (bicyclic) bond motifs is 1. The number of methoxy groups -OCH3 is 1. The van der Waals surface area contributed by atoms with Crippen LogP contribution >= 0.6 is 0 Å². The van der Waals surface area contributed by atoms with Crippen molar-refractivity contribution in [1.29, 1.82) is 0 Å². The van der Waals surface area contributed by atoms with Crippen molar-refractivity contribution < 1.29 is 18.7 Å². The number of nitrogens with one attached hydrogen (secondary N) is 2. The SMILES string of the molecule is C=CC(=O)Nc1cc(Nc2nccc(N(C=O)c3cc(F)cc4c3N(C)CCC4)n2)c(OC)cc1N1CC2(CCCCN2C)C1. The summed E-state index contributed by atoms with van der Waals surface area (Å²) in [7, 11) is 5.70. The predicted molar refractivity (Wildman–Crippen MR) is 175 cm³/mol. The third-order valence-electron chi connectivity index (χ3n) is 9.22. The van der Waals surface area contributed by atoms with Crippen molar-refractivity contribution in [1.82, 2.24) is 14.9 Å². The van der Waals surface area contributed by atoms with Crippen LogP contribution < -0.4 is 30.1 Å². The Kier molecular flexibility index (Phi) is 8.32. The number of likely N-dealkylation sites (tertiary alicyclic amines) is 1. The summed E-state index contributed by atoms with van der Waals surface area (Å²) in [6.45, 7) is 7.19. The van der Waals surface area contributed by atoms with E-state index in [2.05, 4.69) is 44.0 Å². The van der Waals surface area contributed by atoms with Gasteiger partial charge < -0.3 is 25.2 Å². The van der Waals surface area contributed by atoms with Gasteiger partial charge in [-0.05, 0) is 69.1 Å². The van der Waals surface area contributed by atoms with E-state index < -0.39 is 5.82 Å². The van der Waals surface area contributed by atoms with E-state index in [0.29, 0.717) is 29.2 Å². The van der Waals surface area contributed by atoms with Gasteiger partial charge in [0.05, 0.1) is 41.1 Å². The zero-order chi connectivity index (χ0) is 31.7. The second-order valence-corrected chi connectivity index (χ2v) is 12.0. The van der Waals surface area contributed by atoms with E-state index in [1.54, 1.807) is 19.2 Å². The molecular weight excluding hydrogens is 575 g/mol. The average molecular weight is 615 g/mol. The van der Waals surface area contributed by atoms with Gasteiger partial charge in [-0.1, -0.05) is 13.0 Å². The van der Waals surface area contributed by atoms with E-state index in [1.807, 2.05) is 18.0 Å². The molecule has 0 aliphatic carbocycles. The summed E-state index contributed by atoms with van der Waals surface area (Å²) in [5, 5.41) is 6.14. The van der Waals surface area contributed by atoms with Crippen molar-refractivity contribution in [3.05, 3.63) is 60.6 Å². The number of hydrogen-bond donors (Lipinski definition) is 2. The maximum Gasteiger partial charge on any atom is 0.247 e. The van der Waals surface area contributed by atoms with Crippen LogP contribution in [0.4, 0.5) is 44.6 Å². The summed E-state index contributed by atoms with van der Waals surface area (Å²) in [5.41, 5.74) is 4.16. The number of piperidine rings is 1. The van der Waals surface area contributed by atoms with Gasteiger partial charge in [-0.15, -0.1) is 0 Å². The zero-order valence-electron chi connectivity index (χ0n) is 26.0. The molecule has 45 heavy (non-hydrogen) atoms. The third-order valence-corrected chi connectivity index (χ3v) is 9.22. The van der Waals surface area contributed by atoms with Gasteiger partial charge >= 0.3 is 0 Å². The van der Waals surface area contributed by atoms with Crippen LogP contribution in [0.5, 0.6) is 5.75 Å². The number of benzene rings is 2. The van der Waals surface area contributed by atoms with Crippen molar-refractivity contribution >= 4 is 52.5 Å². The molecule has 2 fully saturated rings. The zero-order valence-corrected chi connectivity index (χ0v) is 26.0. The van der Waals surface area contributed by atoms with Crippen LogP contribution in [0.3, 0.4) is 0 Å². The standard InChI is InChI=1S/C33H39FN8O3/c1-5-30(44)36-24-17-25(28(45-4)18-26(24)41-19-33(20-41)11-6-7-14-40(33)3)37-32-35-12-10-29(38-32)42(21-43)27-16-23(34)15-22-9-8-13-39(2)31(22)27/h5,10,12,15-18,21H,1,6-9,11,13-14,19-20H2,2-4H3,(H,36,44)(H,35,37,38). The fourth-order valence-electron chi connectivity index (χ4n) is 6.82. The number of halogens is 1. The Morgan fingerprint density at radius 3 is 2.69 bits per heavy atom. The number of ether oxygens (including phenoxy) is 1. The molecule has 0 radical (unpaired) electrons. The van der Waals surface area contributed by atoms with Gasteiger partial charge in [-0.3, -0.25) is 19.4 Å². The molecule has 2 saturated heterocycles. The molecule has 1 spiro atoms. The van der Waals surface area contributed by atoms with Crippen LogP contribution in [0.25, 0.3) is 0 Å². The van der Waals surface area contributed by atoms with Gasteiger partial charge in [0, 0.05) is 45.0 Å². The summed E-state index contributed by atoms with van der Waals surface area (Å²) in [6.07, 6.45) is 8.58. The Morgan fingerprint density at radius 2 is 1.96 bits per heavy atom. The Balaban J connectivity index is 1.32. The van der Waals surface area contributed by atoms with Crippen molar-refractivity contribution in [2.24, 2.45) is 0 Å². The quantitative estimate of drug-likeness (QED) is 0.259. The first-order chi connectivity index (χ1) is 21.7. The molecule has 0 saturated carbocycles. The van der Waals surface area contributed by atoms with Crippen molar-refractivity contribution in [3.63, 3.8) is 0 Å². The number of aryl methyl sites for hydroxylation is 1. The van der Waals surface area contributed by atoms with Crippen LogP contribution in [0, 0.1) is 5.82 Å². The molecule has 11 nitrogen and oxygen atoms in total. The predicted octanol–water partition coefficient (Wildman–Crippen LogP) is 4.84. The number of likely N-dealkylation sites (N-methyl/N-ethyl adjacent to an activating group) is 1. The van der Waals surface area contributed by atoms with Gasteiger partial charge in [0.15, 0.2) is 0 Å². The fraction of sp³-hybridized carbons (Fsp3) is 0.394. The van der Waals surface area contributed by atoms with E-state index in [9.17, 15) is 14.0 Å². The number of nitrogens with zero attached hydrogens (tertiary/aromatic N) is 6. The summed E-state index contributed by atoms with van der Waals surface area (Å²) in [4.78, 5) is 42.0. The summed E-state index contributed by atoms with van der Waals surface area (Å²) in [5.74, 6) is 0.243. The number of hydrogen-bond acceptors (Lipinski definition) is 9. The molecule has 0 atom stereocenters. The molecule has 2 aromatic carbocycles. The average Bonchev–Trinajstić information content (AvgIpc) is 3.01. The lowest BCUT2D eigenvalue weighted by molar-refractivity contribution is -0.112. The van der Waals surface area contributed by atoms with Gasteiger partial charge in [-0.25, -0.2) is 9.37 Å². The molecule has 0 bridgehead atoms. The Bertz CT molecular complexity index is 1630. The Hall–Kier alpha value is -4.71. The largest absolute Gasteiger partial charge is 0.494 e. The molecule has 2 amide bonds. The molecule has 1 aromatic heterocycles. The highest BCUT2D eigenvalue weighted by Gasteiger charge is 2.47. The highest BCUT2D eigenvalue weighted by Crippen LogP contribution is 2.45. The van der Waals surface area contributed by atoms with Crippen molar-refractivity contribution in [3.8, 4) is 5.75 Å². The number of rotatable bonds is 9. The van der Waals surface area contributed by atoms with Crippen LogP contribution in [-0.4, -0.2) is 80.1 Å². The smallest absolute Gasteiger partial charge is 0.247 e. The molecule has 0 unspecified atom stereocenters. The minimum Gasteiger partial charge on any atom is -0.494 e. The molecule has 3 aromatic rings. The molecule has 6 rings (SSSR count). The lowest BCUT2D eigenvalue weighted by Gasteiger charge is -2.58. The lowest BCUT2D eigenvalue weighted by Crippen LogP contribution is -2.70. The van der Waals surface area contributed by atoms with Gasteiger partial charge in [0.1, 0.15) is 17.4 Å². The number of carbonyl (C=O) groups excluding carboxylic acids is 2. The number of carbonyl (C=O) groups is 2. The van der Waals surface area contributed by atoms with E-state index in [1.165, 1.54) is 42.1 Å². The number of anilines is 7. The second-order valence-electron chi connectivity index (χ2n) is 12.0. The first-order valence-corrected chi connectivity index (χ1v) is 15.2. The van der Waals surface area contributed by atoms with Gasteiger partial charge in [-0.2, -0.15) is 4.98 Å². The summed E-state index contributed by atoms with van der Waals surface area (Å²) in [6, 6.07) is 8.16. The topological polar surface area (TPSA) is 106 Å². The molecular formula is C33H39FN8O3. The highest BCUT2D eigenvalue weighted by atomic mass is 19.1. The van der Waals surface area contributed by atoms with Crippen molar-refractivity contribution in [2.45, 2.75) is 37.6 Å². The molecule has 3 aliphatic heterocycles. The van der Waals surface area contributed by atoms with E-state index in [-0.39, 0.29) is 23.2 Å². The fourth-order valence-corrected chi connectivity index (χ4v) is 6.82. The molecule has 2 N–H and O–H groups in total. The van der Waals surface area contributed by atoms with Crippen LogP contribution in [0.2, 0.25) is 0 Å². The molecule has 236 valence electrons. The van der Waals surface area contributed by atoms with E-state index in [4.69, 9.17) is 4.74 Å². The lowest BCUT2D eigenvalue weighted by atomic mass is 9.79. The number of aromatic nitrogens is 2. The maximum atomic E-state index is 14.7. The third kappa shape index (κ3) is 5.77. The Labute approximate surface area is 262 Å². The van der Waals surface area contributed by atoms with E-state index >= 15 is 0 Å². The van der Waals surface area contributed by atoms with Crippen molar-refractivity contribution in [2.75, 3.05) is 72.7 Å². The molecule has 12 heteroatoms. The van der Waals surface area contributed by atoms with E-state index in [0.717, 1.165) is 62.4 Å². The monoisotopic (exact) mass is 614 g/mol. The summed E-state index contributed by atoms with van der Waals surface area (Å²) >= 11 is 0. The summed E-state index contributed by atoms with van der Waals surface area (Å²) < 4.78 is 20.5. The van der Waals surface area contributed by atoms with Crippen LogP contribution in [0.1, 0.15) is 31.2 Å². The maximum absolute atomic E-state index is 14.7.